The Kier molecular flexibility index (Phi) is 4.48. The Morgan fingerprint density at radius 1 is 1.43 bits per heavy atom. The molecule has 0 saturated carbocycles. The van der Waals surface area contributed by atoms with Gasteiger partial charge < -0.3 is 11.2 Å². The van der Waals surface area contributed by atoms with Crippen LogP contribution in [0.15, 0.2) is 34.3 Å². The van der Waals surface area contributed by atoms with E-state index in [2.05, 4.69) is 15.5 Å². The van der Waals surface area contributed by atoms with Gasteiger partial charge in [-0.1, -0.05) is 11.8 Å². The number of benzene rings is 1. The van der Waals surface area contributed by atoms with Crippen molar-refractivity contribution in [3.05, 3.63) is 46.4 Å². The van der Waals surface area contributed by atoms with Gasteiger partial charge in [-0.05, 0) is 12.1 Å². The molecule has 1 amide bonds. The van der Waals surface area contributed by atoms with Crippen LogP contribution in [0.4, 0.5) is 14.5 Å². The molecule has 0 unspecified atom stereocenters. The molecule has 0 aliphatic carbocycles. The van der Waals surface area contributed by atoms with Gasteiger partial charge in [0.25, 0.3) is 5.56 Å². The van der Waals surface area contributed by atoms with E-state index in [1.54, 1.807) is 0 Å². The molecule has 0 aliphatic rings. The summed E-state index contributed by atoms with van der Waals surface area (Å²) in [6.45, 7) is 0. The number of hydrogen-bond donors (Lipinski definition) is 2. The highest BCUT2D eigenvalue weighted by Crippen LogP contribution is 2.16. The number of nitrogens with zero attached hydrogens (tertiary/aromatic N) is 3. The van der Waals surface area contributed by atoms with Crippen molar-refractivity contribution in [3.63, 3.8) is 0 Å². The van der Waals surface area contributed by atoms with Crippen LogP contribution in [-0.4, -0.2) is 26.5 Å². The number of aromatic nitrogens is 3. The highest BCUT2D eigenvalue weighted by Gasteiger charge is 2.11. The number of carbonyl (C=O) groups excluding carboxylic acids is 1. The maximum atomic E-state index is 13.3. The molecule has 0 spiro atoms. The number of amides is 1. The Hall–Kier alpha value is -2.49. The molecule has 0 radical (unpaired) electrons. The number of thioether (sulfide) groups is 1. The zero-order valence-corrected chi connectivity index (χ0v) is 11.2. The summed E-state index contributed by atoms with van der Waals surface area (Å²) in [5, 5.41) is 9.31. The molecule has 2 aromatic rings. The van der Waals surface area contributed by atoms with Crippen molar-refractivity contribution in [2.75, 3.05) is 16.9 Å². The van der Waals surface area contributed by atoms with Gasteiger partial charge >= 0.3 is 0 Å². The fraction of sp³-hybridized carbons (Fsp3) is 0.0909. The summed E-state index contributed by atoms with van der Waals surface area (Å²) in [5.41, 5.74) is -0.719. The fourth-order valence-electron chi connectivity index (χ4n) is 1.34. The number of anilines is 1. The number of nitrogens with one attached hydrogen (secondary N) is 1. The summed E-state index contributed by atoms with van der Waals surface area (Å²) in [5.74, 6) is 3.04. The smallest absolute Gasteiger partial charge is 0.291 e. The molecule has 1 aromatic heterocycles. The van der Waals surface area contributed by atoms with Crippen molar-refractivity contribution in [2.45, 2.75) is 5.16 Å². The van der Waals surface area contributed by atoms with Crippen LogP contribution in [-0.2, 0) is 4.79 Å². The van der Waals surface area contributed by atoms with Crippen LogP contribution < -0.4 is 16.7 Å². The van der Waals surface area contributed by atoms with Crippen molar-refractivity contribution in [1.82, 2.24) is 14.9 Å². The Morgan fingerprint density at radius 2 is 2.19 bits per heavy atom. The third-order valence-electron chi connectivity index (χ3n) is 2.29. The predicted molar refractivity (Wildman–Crippen MR) is 72.2 cm³/mol. The predicted octanol–water partition coefficient (Wildman–Crippen LogP) is 0.361. The molecule has 0 bridgehead atoms. The Labute approximate surface area is 121 Å². The molecule has 1 heterocycles. The average Bonchev–Trinajstić information content (AvgIpc) is 2.43. The Morgan fingerprint density at radius 3 is 2.90 bits per heavy atom. The first kappa shape index (κ1) is 14.9. The molecule has 10 heteroatoms. The van der Waals surface area contributed by atoms with Crippen molar-refractivity contribution in [3.8, 4) is 0 Å². The number of halogens is 2. The zero-order chi connectivity index (χ0) is 15.4. The first-order chi connectivity index (χ1) is 9.97. The summed E-state index contributed by atoms with van der Waals surface area (Å²) in [6, 6.07) is 2.78. The second-order valence-electron chi connectivity index (χ2n) is 3.80. The van der Waals surface area contributed by atoms with Gasteiger partial charge in [-0.2, -0.15) is 9.77 Å². The summed E-state index contributed by atoms with van der Waals surface area (Å²) in [6.07, 6.45) is 0.929. The maximum Gasteiger partial charge on any atom is 0.291 e. The summed E-state index contributed by atoms with van der Waals surface area (Å²) in [4.78, 5) is 22.8. The summed E-state index contributed by atoms with van der Waals surface area (Å²) in [7, 11) is 0. The number of nitrogen functional groups attached to an aromatic ring is 1. The van der Waals surface area contributed by atoms with Gasteiger partial charge in [-0.25, -0.2) is 8.78 Å². The van der Waals surface area contributed by atoms with Crippen molar-refractivity contribution in [1.29, 1.82) is 0 Å². The minimum Gasteiger partial charge on any atom is -0.334 e. The molecular weight excluding hydrogens is 304 g/mol. The largest absolute Gasteiger partial charge is 0.334 e. The Balaban J connectivity index is 1.99. The number of hydrogen-bond acceptors (Lipinski definition) is 6. The molecule has 1 aromatic carbocycles. The van der Waals surface area contributed by atoms with E-state index < -0.39 is 23.1 Å². The SMILES string of the molecule is Nn1c(SCC(=O)Nc2ccc(F)cc2F)nncc1=O. The van der Waals surface area contributed by atoms with Crippen LogP contribution in [0, 0.1) is 11.6 Å². The van der Waals surface area contributed by atoms with Gasteiger partial charge in [-0.3, -0.25) is 9.59 Å². The van der Waals surface area contributed by atoms with Gasteiger partial charge in [0.05, 0.1) is 11.4 Å². The molecule has 0 aliphatic heterocycles. The van der Waals surface area contributed by atoms with E-state index in [9.17, 15) is 18.4 Å². The lowest BCUT2D eigenvalue weighted by Crippen LogP contribution is -2.30. The molecule has 21 heavy (non-hydrogen) atoms. The van der Waals surface area contributed by atoms with E-state index in [-0.39, 0.29) is 16.6 Å². The fourth-order valence-corrected chi connectivity index (χ4v) is 2.00. The number of nitrogens with two attached hydrogens (primary N) is 1. The van der Waals surface area contributed by atoms with E-state index >= 15 is 0 Å². The standard InChI is InChI=1S/C11H9F2N5O2S/c12-6-1-2-8(7(13)3-6)16-9(19)5-21-11-17-15-4-10(20)18(11)14/h1-4H,5,14H2,(H,16,19). The molecule has 0 atom stereocenters. The van der Waals surface area contributed by atoms with Gasteiger partial charge in [0.2, 0.25) is 11.1 Å². The zero-order valence-electron chi connectivity index (χ0n) is 10.4. The number of carbonyl (C=O) groups is 1. The molecule has 3 N–H and O–H groups in total. The maximum absolute atomic E-state index is 13.3. The van der Waals surface area contributed by atoms with Crippen LogP contribution in [0.1, 0.15) is 0 Å². The van der Waals surface area contributed by atoms with Gasteiger partial charge in [-0.15, -0.1) is 5.10 Å². The number of rotatable bonds is 4. The van der Waals surface area contributed by atoms with Crippen LogP contribution >= 0.6 is 11.8 Å². The van der Waals surface area contributed by atoms with E-state index in [0.717, 1.165) is 34.8 Å². The highest BCUT2D eigenvalue weighted by molar-refractivity contribution is 7.99. The van der Waals surface area contributed by atoms with Gasteiger partial charge in [0.15, 0.2) is 0 Å². The lowest BCUT2D eigenvalue weighted by molar-refractivity contribution is -0.113. The summed E-state index contributed by atoms with van der Waals surface area (Å²) < 4.78 is 26.8. The van der Waals surface area contributed by atoms with Crippen LogP contribution in [0.2, 0.25) is 0 Å². The molecule has 7 nitrogen and oxygen atoms in total. The molecule has 2 rings (SSSR count). The minimum atomic E-state index is -0.886. The highest BCUT2D eigenvalue weighted by atomic mass is 32.2. The molecular formula is C11H9F2N5O2S. The van der Waals surface area contributed by atoms with Crippen molar-refractivity contribution in [2.24, 2.45) is 0 Å². The van der Waals surface area contributed by atoms with Crippen molar-refractivity contribution >= 4 is 23.4 Å². The van der Waals surface area contributed by atoms with E-state index in [1.165, 1.54) is 0 Å². The van der Waals surface area contributed by atoms with Crippen molar-refractivity contribution < 1.29 is 13.6 Å². The third-order valence-corrected chi connectivity index (χ3v) is 3.24. The van der Waals surface area contributed by atoms with Crippen LogP contribution in [0.5, 0.6) is 0 Å². The normalized spacial score (nSPS) is 10.4. The second kappa shape index (κ2) is 6.31. The van der Waals surface area contributed by atoms with E-state index in [1.807, 2.05) is 0 Å². The monoisotopic (exact) mass is 313 g/mol. The first-order valence-electron chi connectivity index (χ1n) is 5.55. The lowest BCUT2D eigenvalue weighted by Gasteiger charge is -2.07. The van der Waals surface area contributed by atoms with E-state index in [0.29, 0.717) is 6.07 Å². The third kappa shape index (κ3) is 3.75. The average molecular weight is 313 g/mol. The van der Waals surface area contributed by atoms with Crippen LogP contribution in [0.3, 0.4) is 0 Å². The van der Waals surface area contributed by atoms with Gasteiger partial charge in [0, 0.05) is 6.07 Å². The Bertz CT molecular complexity index is 737. The molecule has 0 saturated heterocycles. The molecule has 0 fully saturated rings. The topological polar surface area (TPSA) is 103 Å². The molecule has 110 valence electrons. The summed E-state index contributed by atoms with van der Waals surface area (Å²) >= 11 is 0.853. The van der Waals surface area contributed by atoms with E-state index in [4.69, 9.17) is 5.84 Å². The van der Waals surface area contributed by atoms with Crippen LogP contribution in [0.25, 0.3) is 0 Å². The second-order valence-corrected chi connectivity index (χ2v) is 4.74. The van der Waals surface area contributed by atoms with Gasteiger partial charge in [0.1, 0.15) is 17.8 Å². The minimum absolute atomic E-state index is 0.0391. The quantitative estimate of drug-likeness (QED) is 0.624. The first-order valence-corrected chi connectivity index (χ1v) is 6.53. The lowest BCUT2D eigenvalue weighted by atomic mass is 10.3.